The number of nitrogens with one attached hydrogen (secondary N) is 1. The van der Waals surface area contributed by atoms with Crippen LogP contribution in [0.4, 0.5) is 13.2 Å². The van der Waals surface area contributed by atoms with Crippen molar-refractivity contribution in [3.05, 3.63) is 83.4 Å². The van der Waals surface area contributed by atoms with Gasteiger partial charge in [0.15, 0.2) is 0 Å². The average Bonchev–Trinajstić information content (AvgIpc) is 2.64. The van der Waals surface area contributed by atoms with E-state index in [1.54, 1.807) is 6.07 Å². The first-order valence-corrected chi connectivity index (χ1v) is 8.32. The van der Waals surface area contributed by atoms with Crippen molar-refractivity contribution in [2.45, 2.75) is 19.1 Å². The van der Waals surface area contributed by atoms with Gasteiger partial charge in [-0.1, -0.05) is 60.4 Å². The average molecular weight is 390 g/mol. The van der Waals surface area contributed by atoms with Crippen molar-refractivity contribution in [2.75, 3.05) is 6.54 Å². The van der Waals surface area contributed by atoms with Gasteiger partial charge < -0.3 is 0 Å². The predicted octanol–water partition coefficient (Wildman–Crippen LogP) is 5.98. The summed E-state index contributed by atoms with van der Waals surface area (Å²) in [4.78, 5) is 0. The molecule has 1 atom stereocenters. The lowest BCUT2D eigenvalue weighted by Crippen LogP contribution is -2.19. The third-order valence-corrected chi connectivity index (χ3v) is 4.21. The first-order valence-electron chi connectivity index (χ1n) is 8.32. The Kier molecular flexibility index (Phi) is 6.90. The minimum atomic E-state index is -4.35. The van der Waals surface area contributed by atoms with Crippen LogP contribution in [0.5, 0.6) is 0 Å². The van der Waals surface area contributed by atoms with Gasteiger partial charge in [0.2, 0.25) is 0 Å². The van der Waals surface area contributed by atoms with Gasteiger partial charge in [-0.25, -0.2) is 0 Å². The maximum Gasteiger partial charge on any atom is 0.416 e. The molecule has 5 heteroatoms. The Hall–Kier alpha value is -2.48. The topological polar surface area (TPSA) is 12.0 Å². The fraction of sp³-hybridized carbons (Fsp3) is 0.182. The molecular weight excluding hydrogens is 371 g/mol. The van der Waals surface area contributed by atoms with Crippen LogP contribution in [-0.4, -0.2) is 6.54 Å². The second kappa shape index (κ2) is 8.94. The molecule has 140 valence electrons. The highest BCUT2D eigenvalue weighted by atomic mass is 35.5. The zero-order chi connectivity index (χ0) is 18.6. The van der Waals surface area contributed by atoms with Gasteiger partial charge in [0.05, 0.1) is 12.1 Å². The van der Waals surface area contributed by atoms with E-state index in [1.807, 2.05) is 25.1 Å². The summed E-state index contributed by atoms with van der Waals surface area (Å²) in [5.74, 6) is 5.69. The van der Waals surface area contributed by atoms with Gasteiger partial charge in [-0.05, 0) is 41.5 Å². The maximum absolute atomic E-state index is 12.7. The summed E-state index contributed by atoms with van der Waals surface area (Å²) in [5, 5.41) is 5.67. The zero-order valence-electron chi connectivity index (χ0n) is 14.7. The molecule has 0 amide bonds. The number of hydrogen-bond donors (Lipinski definition) is 1. The Labute approximate surface area is 163 Å². The van der Waals surface area contributed by atoms with Gasteiger partial charge in [0.25, 0.3) is 0 Å². The molecule has 0 spiro atoms. The summed E-state index contributed by atoms with van der Waals surface area (Å²) in [6.07, 6.45) is -4.35. The van der Waals surface area contributed by atoms with Crippen molar-refractivity contribution in [3.63, 3.8) is 0 Å². The highest BCUT2D eigenvalue weighted by Gasteiger charge is 2.30. The van der Waals surface area contributed by atoms with Crippen LogP contribution in [0.1, 0.15) is 29.7 Å². The Morgan fingerprint density at radius 2 is 1.67 bits per heavy atom. The highest BCUT2D eigenvalue weighted by molar-refractivity contribution is 5.86. The van der Waals surface area contributed by atoms with Crippen molar-refractivity contribution in [3.8, 4) is 11.8 Å². The lowest BCUT2D eigenvalue weighted by molar-refractivity contribution is -0.137. The monoisotopic (exact) mass is 389 g/mol. The van der Waals surface area contributed by atoms with Crippen molar-refractivity contribution >= 4 is 23.2 Å². The smallest absolute Gasteiger partial charge is 0.300 e. The summed E-state index contributed by atoms with van der Waals surface area (Å²) in [6.45, 7) is 2.44. The molecule has 0 aromatic heterocycles. The Balaban J connectivity index is 0.00000261. The molecule has 1 nitrogen and oxygen atoms in total. The number of rotatable bonds is 3. The zero-order valence-corrected chi connectivity index (χ0v) is 15.5. The lowest BCUT2D eigenvalue weighted by Gasteiger charge is -2.15. The molecule has 1 unspecified atom stereocenters. The first kappa shape index (κ1) is 20.8. The predicted molar refractivity (Wildman–Crippen MR) is 106 cm³/mol. The number of fused-ring (bicyclic) bond motifs is 1. The summed E-state index contributed by atoms with van der Waals surface area (Å²) in [6, 6.07) is 19.5. The van der Waals surface area contributed by atoms with Crippen molar-refractivity contribution < 1.29 is 13.2 Å². The Bertz CT molecular complexity index is 965. The van der Waals surface area contributed by atoms with Crippen molar-refractivity contribution in [1.82, 2.24) is 5.32 Å². The van der Waals surface area contributed by atoms with E-state index in [9.17, 15) is 13.2 Å². The quantitative estimate of drug-likeness (QED) is 0.543. The van der Waals surface area contributed by atoms with E-state index in [2.05, 4.69) is 41.4 Å². The van der Waals surface area contributed by atoms with Gasteiger partial charge in [0.1, 0.15) is 0 Å². The van der Waals surface area contributed by atoms with Crippen LogP contribution in [0, 0.1) is 11.8 Å². The third kappa shape index (κ3) is 5.26. The first-order chi connectivity index (χ1) is 12.4. The van der Waals surface area contributed by atoms with Gasteiger partial charge in [-0.3, -0.25) is 5.32 Å². The van der Waals surface area contributed by atoms with Crippen molar-refractivity contribution in [2.24, 2.45) is 0 Å². The number of alkyl halides is 3. The highest BCUT2D eigenvalue weighted by Crippen LogP contribution is 2.29. The number of hydrogen-bond acceptors (Lipinski definition) is 1. The molecule has 3 aromatic rings. The van der Waals surface area contributed by atoms with Gasteiger partial charge in [0, 0.05) is 11.6 Å². The van der Waals surface area contributed by atoms with E-state index < -0.39 is 11.7 Å². The van der Waals surface area contributed by atoms with Crippen LogP contribution in [0.2, 0.25) is 0 Å². The second-order valence-electron chi connectivity index (χ2n) is 6.05. The summed E-state index contributed by atoms with van der Waals surface area (Å²) in [7, 11) is 0. The maximum atomic E-state index is 12.7. The normalized spacial score (nSPS) is 12.0. The van der Waals surface area contributed by atoms with E-state index in [1.165, 1.54) is 22.4 Å². The van der Waals surface area contributed by atoms with E-state index in [-0.39, 0.29) is 18.4 Å². The van der Waals surface area contributed by atoms with Crippen LogP contribution >= 0.6 is 12.4 Å². The van der Waals surface area contributed by atoms with Crippen molar-refractivity contribution in [1.29, 1.82) is 0 Å². The Morgan fingerprint density at radius 3 is 2.44 bits per heavy atom. The minimum absolute atomic E-state index is 0. The minimum Gasteiger partial charge on any atom is -0.300 e. The molecule has 0 aliphatic carbocycles. The molecule has 0 bridgehead atoms. The van der Waals surface area contributed by atoms with E-state index >= 15 is 0 Å². The molecule has 0 aliphatic heterocycles. The van der Waals surface area contributed by atoms with Crippen LogP contribution in [0.3, 0.4) is 0 Å². The molecule has 27 heavy (non-hydrogen) atoms. The second-order valence-corrected chi connectivity index (χ2v) is 6.05. The summed E-state index contributed by atoms with van der Waals surface area (Å²) >= 11 is 0. The molecule has 0 heterocycles. The van der Waals surface area contributed by atoms with Gasteiger partial charge in [-0.2, -0.15) is 13.2 Å². The molecule has 0 fully saturated rings. The summed E-state index contributed by atoms with van der Waals surface area (Å²) in [5.41, 5.74) is 0.852. The molecule has 0 radical (unpaired) electrons. The van der Waals surface area contributed by atoms with Gasteiger partial charge >= 0.3 is 6.18 Å². The largest absolute Gasteiger partial charge is 0.416 e. The standard InChI is InChI=1S/C22H18F3N.ClH/c1-16(20-13-5-10-18-9-2-3-12-21(18)20)26-14-6-8-17-7-4-11-19(15-17)22(23,24)25;/h2-5,7,9-13,15-16,26H,14H2,1H3;1H. The number of halogens is 4. The van der Waals surface area contributed by atoms with Crippen LogP contribution in [-0.2, 0) is 6.18 Å². The van der Waals surface area contributed by atoms with Crippen LogP contribution in [0.25, 0.3) is 10.8 Å². The van der Waals surface area contributed by atoms with Crippen LogP contribution < -0.4 is 5.32 Å². The molecule has 0 saturated carbocycles. The lowest BCUT2D eigenvalue weighted by atomic mass is 10.00. The molecule has 0 saturated heterocycles. The molecule has 0 aliphatic rings. The van der Waals surface area contributed by atoms with E-state index in [0.29, 0.717) is 12.1 Å². The fourth-order valence-electron chi connectivity index (χ4n) is 2.86. The molecule has 3 aromatic carbocycles. The molecule has 1 N–H and O–H groups in total. The molecular formula is C22H19ClF3N. The third-order valence-electron chi connectivity index (χ3n) is 4.21. The van der Waals surface area contributed by atoms with E-state index in [0.717, 1.165) is 12.1 Å². The summed E-state index contributed by atoms with van der Waals surface area (Å²) < 4.78 is 38.2. The fourth-order valence-corrected chi connectivity index (χ4v) is 2.86. The van der Waals surface area contributed by atoms with E-state index in [4.69, 9.17) is 0 Å². The SMILES string of the molecule is CC(NCC#Cc1cccc(C(F)(F)F)c1)c1cccc2ccccc12.Cl. The number of benzene rings is 3. The van der Waals surface area contributed by atoms with Crippen LogP contribution in [0.15, 0.2) is 66.7 Å². The Morgan fingerprint density at radius 1 is 0.963 bits per heavy atom. The van der Waals surface area contributed by atoms with Gasteiger partial charge in [-0.15, -0.1) is 12.4 Å². The molecule has 3 rings (SSSR count).